The highest BCUT2D eigenvalue weighted by atomic mass is 14.9. The van der Waals surface area contributed by atoms with E-state index in [9.17, 15) is 0 Å². The molecule has 1 aromatic carbocycles. The first-order valence-corrected chi connectivity index (χ1v) is 7.16. The van der Waals surface area contributed by atoms with Crippen LogP contribution in [0, 0.1) is 5.92 Å². The van der Waals surface area contributed by atoms with Crippen LogP contribution < -0.4 is 5.32 Å². The van der Waals surface area contributed by atoms with Gasteiger partial charge < -0.3 is 5.32 Å². The van der Waals surface area contributed by atoms with Crippen LogP contribution in [0.2, 0.25) is 0 Å². The highest BCUT2D eigenvalue weighted by molar-refractivity contribution is 5.78. The summed E-state index contributed by atoms with van der Waals surface area (Å²) in [5, 5.41) is 4.73. The molecule has 2 atom stereocenters. The lowest BCUT2D eigenvalue weighted by Gasteiger charge is -2.22. The number of hydrogen-bond acceptors (Lipinski definition) is 2. The van der Waals surface area contributed by atoms with Crippen LogP contribution in [0.1, 0.15) is 39.2 Å². The third-order valence-corrected chi connectivity index (χ3v) is 3.86. The van der Waals surface area contributed by atoms with Crippen LogP contribution in [-0.4, -0.2) is 17.6 Å². The molecule has 1 N–H and O–H groups in total. The summed E-state index contributed by atoms with van der Waals surface area (Å²) in [4.78, 5) is 4.44. The summed E-state index contributed by atoms with van der Waals surface area (Å²) in [6.45, 7) is 10.0. The Balaban J connectivity index is 2.14. The second-order valence-corrected chi connectivity index (χ2v) is 5.78. The van der Waals surface area contributed by atoms with Crippen molar-refractivity contribution in [1.29, 1.82) is 0 Å². The lowest BCUT2D eigenvalue weighted by molar-refractivity contribution is 0.426. The third-order valence-electron chi connectivity index (χ3n) is 3.86. The monoisotopic (exact) mass is 256 g/mol. The fourth-order valence-electron chi connectivity index (χ4n) is 2.29. The molecule has 2 nitrogen and oxygen atoms in total. The Morgan fingerprint density at radius 2 is 1.89 bits per heavy atom. The molecule has 0 aliphatic carbocycles. The molecule has 2 rings (SSSR count). The normalized spacial score (nSPS) is 14.8. The van der Waals surface area contributed by atoms with Gasteiger partial charge in [0.1, 0.15) is 0 Å². The van der Waals surface area contributed by atoms with E-state index in [1.165, 1.54) is 10.9 Å². The molecule has 2 aromatic rings. The van der Waals surface area contributed by atoms with Gasteiger partial charge in [0.2, 0.25) is 0 Å². The van der Waals surface area contributed by atoms with Crippen molar-refractivity contribution in [1.82, 2.24) is 10.3 Å². The van der Waals surface area contributed by atoms with Gasteiger partial charge in [-0.3, -0.25) is 4.98 Å². The Labute approximate surface area is 116 Å². The van der Waals surface area contributed by atoms with Crippen molar-refractivity contribution < 1.29 is 0 Å². The minimum atomic E-state index is 0.539. The summed E-state index contributed by atoms with van der Waals surface area (Å²) < 4.78 is 0. The number of nitrogens with zero attached hydrogens (tertiary/aromatic N) is 1. The predicted octanol–water partition coefficient (Wildman–Crippen LogP) is 3.97. The molecule has 102 valence electrons. The molecule has 0 saturated carbocycles. The SMILES string of the molecule is CC(C)NCC(C)C(C)c1ccc2cccnc2c1. The van der Waals surface area contributed by atoms with Gasteiger partial charge in [0.15, 0.2) is 0 Å². The molecule has 1 heterocycles. The predicted molar refractivity (Wildman–Crippen MR) is 82.5 cm³/mol. The first-order chi connectivity index (χ1) is 9.08. The second kappa shape index (κ2) is 6.16. The zero-order valence-electron chi connectivity index (χ0n) is 12.4. The molecular formula is C17H24N2. The van der Waals surface area contributed by atoms with E-state index in [0.717, 1.165) is 12.1 Å². The van der Waals surface area contributed by atoms with Crippen LogP contribution in [0.3, 0.4) is 0 Å². The second-order valence-electron chi connectivity index (χ2n) is 5.78. The largest absolute Gasteiger partial charge is 0.314 e. The maximum Gasteiger partial charge on any atom is 0.0704 e. The lowest BCUT2D eigenvalue weighted by atomic mass is 9.88. The number of nitrogens with one attached hydrogen (secondary N) is 1. The maximum absolute atomic E-state index is 4.44. The number of benzene rings is 1. The van der Waals surface area contributed by atoms with Gasteiger partial charge in [-0.25, -0.2) is 0 Å². The number of pyridine rings is 1. The molecule has 0 fully saturated rings. The van der Waals surface area contributed by atoms with Crippen molar-refractivity contribution in [3.05, 3.63) is 42.1 Å². The Morgan fingerprint density at radius 1 is 1.11 bits per heavy atom. The van der Waals surface area contributed by atoms with E-state index in [1.54, 1.807) is 0 Å². The molecule has 0 aliphatic heterocycles. The van der Waals surface area contributed by atoms with E-state index < -0.39 is 0 Å². The van der Waals surface area contributed by atoms with Crippen LogP contribution in [0.25, 0.3) is 10.9 Å². The van der Waals surface area contributed by atoms with Gasteiger partial charge in [0.05, 0.1) is 5.52 Å². The van der Waals surface area contributed by atoms with Gasteiger partial charge in [-0.1, -0.05) is 45.9 Å². The molecule has 2 unspecified atom stereocenters. The average molecular weight is 256 g/mol. The molecule has 0 radical (unpaired) electrons. The Kier molecular flexibility index (Phi) is 4.54. The lowest BCUT2D eigenvalue weighted by Crippen LogP contribution is -2.29. The zero-order chi connectivity index (χ0) is 13.8. The number of fused-ring (bicyclic) bond motifs is 1. The molecule has 0 saturated heterocycles. The smallest absolute Gasteiger partial charge is 0.0704 e. The van der Waals surface area contributed by atoms with Crippen molar-refractivity contribution in [2.24, 2.45) is 5.92 Å². The van der Waals surface area contributed by atoms with Gasteiger partial charge >= 0.3 is 0 Å². The molecular weight excluding hydrogens is 232 g/mol. The third kappa shape index (κ3) is 3.54. The van der Waals surface area contributed by atoms with Crippen molar-refractivity contribution in [3.8, 4) is 0 Å². The Bertz CT molecular complexity index is 534. The average Bonchev–Trinajstić information content (AvgIpc) is 2.43. The summed E-state index contributed by atoms with van der Waals surface area (Å²) in [5.74, 6) is 1.15. The summed E-state index contributed by atoms with van der Waals surface area (Å²) >= 11 is 0. The summed E-state index contributed by atoms with van der Waals surface area (Å²) in [7, 11) is 0. The molecule has 19 heavy (non-hydrogen) atoms. The number of rotatable bonds is 5. The minimum Gasteiger partial charge on any atom is -0.314 e. The van der Waals surface area contributed by atoms with Crippen LogP contribution in [-0.2, 0) is 0 Å². The van der Waals surface area contributed by atoms with Gasteiger partial charge in [-0.15, -0.1) is 0 Å². The van der Waals surface area contributed by atoms with Crippen molar-refractivity contribution in [2.45, 2.75) is 39.7 Å². The highest BCUT2D eigenvalue weighted by Gasteiger charge is 2.15. The Hall–Kier alpha value is -1.41. The van der Waals surface area contributed by atoms with Gasteiger partial charge in [-0.05, 0) is 36.1 Å². The minimum absolute atomic E-state index is 0.539. The topological polar surface area (TPSA) is 24.9 Å². The van der Waals surface area contributed by atoms with Crippen LogP contribution in [0.15, 0.2) is 36.5 Å². The zero-order valence-corrected chi connectivity index (χ0v) is 12.4. The van der Waals surface area contributed by atoms with Crippen LogP contribution in [0.4, 0.5) is 0 Å². The van der Waals surface area contributed by atoms with Crippen LogP contribution in [0.5, 0.6) is 0 Å². The fraction of sp³-hybridized carbons (Fsp3) is 0.471. The van der Waals surface area contributed by atoms with Crippen molar-refractivity contribution in [2.75, 3.05) is 6.54 Å². The molecule has 0 bridgehead atoms. The van der Waals surface area contributed by atoms with E-state index in [-0.39, 0.29) is 0 Å². The molecule has 0 spiro atoms. The molecule has 0 amide bonds. The van der Waals surface area contributed by atoms with E-state index in [2.05, 4.69) is 62.3 Å². The maximum atomic E-state index is 4.44. The van der Waals surface area contributed by atoms with E-state index in [0.29, 0.717) is 17.9 Å². The number of aromatic nitrogens is 1. The standard InChI is InChI=1S/C17H24N2/c1-12(2)19-11-13(3)14(4)16-8-7-15-6-5-9-18-17(15)10-16/h5-10,12-14,19H,11H2,1-4H3. The van der Waals surface area contributed by atoms with Crippen LogP contribution >= 0.6 is 0 Å². The first-order valence-electron chi connectivity index (χ1n) is 7.16. The van der Waals surface area contributed by atoms with Crippen molar-refractivity contribution >= 4 is 10.9 Å². The van der Waals surface area contributed by atoms with E-state index >= 15 is 0 Å². The molecule has 2 heteroatoms. The van der Waals surface area contributed by atoms with E-state index in [4.69, 9.17) is 0 Å². The summed E-state index contributed by atoms with van der Waals surface area (Å²) in [6, 6.07) is 11.3. The summed E-state index contributed by atoms with van der Waals surface area (Å²) in [6.07, 6.45) is 1.86. The van der Waals surface area contributed by atoms with E-state index in [1.807, 2.05) is 12.3 Å². The van der Waals surface area contributed by atoms with Gasteiger partial charge in [0, 0.05) is 17.6 Å². The van der Waals surface area contributed by atoms with Crippen molar-refractivity contribution in [3.63, 3.8) is 0 Å². The fourth-order valence-corrected chi connectivity index (χ4v) is 2.29. The molecule has 1 aromatic heterocycles. The molecule has 0 aliphatic rings. The van der Waals surface area contributed by atoms with Gasteiger partial charge in [0.25, 0.3) is 0 Å². The Morgan fingerprint density at radius 3 is 2.63 bits per heavy atom. The highest BCUT2D eigenvalue weighted by Crippen LogP contribution is 2.26. The first kappa shape index (κ1) is 14.0. The van der Waals surface area contributed by atoms with Gasteiger partial charge in [-0.2, -0.15) is 0 Å². The number of hydrogen-bond donors (Lipinski definition) is 1. The summed E-state index contributed by atoms with van der Waals surface area (Å²) in [5.41, 5.74) is 2.47. The quantitative estimate of drug-likeness (QED) is 0.875.